The molecular formula is C54H32N2O. The van der Waals surface area contributed by atoms with Crippen molar-refractivity contribution in [3.8, 4) is 44.6 Å². The predicted octanol–water partition coefficient (Wildman–Crippen LogP) is 14.8. The summed E-state index contributed by atoms with van der Waals surface area (Å²) in [6.07, 6.45) is 1.94. The van der Waals surface area contributed by atoms with Crippen LogP contribution in [-0.2, 0) is 0 Å². The molecule has 264 valence electrons. The molecule has 0 fully saturated rings. The normalized spacial score (nSPS) is 11.9. The highest BCUT2D eigenvalue weighted by molar-refractivity contribution is 6.24. The summed E-state index contributed by atoms with van der Waals surface area (Å²) in [4.78, 5) is 10.8. The van der Waals surface area contributed by atoms with Crippen molar-refractivity contribution < 1.29 is 4.42 Å². The van der Waals surface area contributed by atoms with Crippen LogP contribution in [0.5, 0.6) is 0 Å². The van der Waals surface area contributed by atoms with Crippen molar-refractivity contribution in [3.05, 3.63) is 194 Å². The maximum atomic E-state index is 6.13. The molecule has 0 amide bonds. The van der Waals surface area contributed by atoms with Crippen LogP contribution >= 0.6 is 0 Å². The molecule has 0 atom stereocenters. The van der Waals surface area contributed by atoms with Gasteiger partial charge in [-0.15, -0.1) is 0 Å². The predicted molar refractivity (Wildman–Crippen MR) is 239 cm³/mol. The van der Waals surface area contributed by atoms with Crippen LogP contribution in [0.2, 0.25) is 0 Å². The van der Waals surface area contributed by atoms with Gasteiger partial charge in [0.25, 0.3) is 0 Å². The first kappa shape index (κ1) is 31.7. The maximum absolute atomic E-state index is 6.13. The van der Waals surface area contributed by atoms with Gasteiger partial charge in [0.2, 0.25) is 0 Å². The fourth-order valence-electron chi connectivity index (χ4n) is 8.92. The minimum atomic E-state index is 0.834. The fraction of sp³-hybridized carbons (Fsp3) is 0. The van der Waals surface area contributed by atoms with Gasteiger partial charge in [-0.2, -0.15) is 0 Å². The van der Waals surface area contributed by atoms with E-state index in [0.29, 0.717) is 0 Å². The van der Waals surface area contributed by atoms with Gasteiger partial charge in [-0.1, -0.05) is 152 Å². The summed E-state index contributed by atoms with van der Waals surface area (Å²) < 4.78 is 6.13. The summed E-state index contributed by atoms with van der Waals surface area (Å²) in [5, 5.41) is 11.7. The van der Waals surface area contributed by atoms with Gasteiger partial charge in [-0.3, -0.25) is 4.98 Å². The van der Waals surface area contributed by atoms with Gasteiger partial charge in [0, 0.05) is 27.1 Å². The highest BCUT2D eigenvalue weighted by atomic mass is 16.3. The Bertz CT molecular complexity index is 3590. The Kier molecular flexibility index (Phi) is 6.93. The molecule has 12 aromatic rings. The number of rotatable bonds is 4. The SMILES string of the molecule is c1cc(-c2ccc3oc4ccccc4c3c2)cc(-c2cnc3c4cc(-c5cccc6ccccc56)ccc4c4ccc(-c5cccc6ccccc56)cc4c3n2)c1. The van der Waals surface area contributed by atoms with E-state index in [1.54, 1.807) is 0 Å². The van der Waals surface area contributed by atoms with Gasteiger partial charge in [0.15, 0.2) is 0 Å². The molecule has 0 unspecified atom stereocenters. The molecule has 0 aliphatic rings. The average Bonchev–Trinajstić information content (AvgIpc) is 3.66. The van der Waals surface area contributed by atoms with Crippen LogP contribution < -0.4 is 0 Å². The monoisotopic (exact) mass is 724 g/mol. The maximum Gasteiger partial charge on any atom is 0.135 e. The van der Waals surface area contributed by atoms with Crippen molar-refractivity contribution in [1.29, 1.82) is 0 Å². The summed E-state index contributed by atoms with van der Waals surface area (Å²) >= 11 is 0. The summed E-state index contributed by atoms with van der Waals surface area (Å²) in [5.74, 6) is 0. The lowest BCUT2D eigenvalue weighted by atomic mass is 9.91. The highest BCUT2D eigenvalue weighted by Crippen LogP contribution is 2.41. The van der Waals surface area contributed by atoms with Gasteiger partial charge in [0.05, 0.1) is 22.9 Å². The zero-order valence-electron chi connectivity index (χ0n) is 30.8. The molecule has 2 aromatic heterocycles. The molecule has 3 heteroatoms. The molecule has 0 radical (unpaired) electrons. The first-order valence-corrected chi connectivity index (χ1v) is 19.4. The summed E-state index contributed by atoms with van der Waals surface area (Å²) in [6, 6.07) is 67.3. The number of hydrogen-bond acceptors (Lipinski definition) is 3. The molecule has 0 spiro atoms. The van der Waals surface area contributed by atoms with Gasteiger partial charge in [-0.05, 0) is 102 Å². The lowest BCUT2D eigenvalue weighted by Crippen LogP contribution is -1.94. The van der Waals surface area contributed by atoms with Crippen LogP contribution in [0.4, 0.5) is 0 Å². The molecular weight excluding hydrogens is 693 g/mol. The van der Waals surface area contributed by atoms with E-state index in [4.69, 9.17) is 14.4 Å². The number of benzene rings is 10. The van der Waals surface area contributed by atoms with Crippen LogP contribution in [0.3, 0.4) is 0 Å². The molecule has 12 rings (SSSR count). The Hall–Kier alpha value is -7.62. The topological polar surface area (TPSA) is 38.9 Å². The van der Waals surface area contributed by atoms with E-state index < -0.39 is 0 Å². The second-order valence-electron chi connectivity index (χ2n) is 14.9. The first-order chi connectivity index (χ1) is 28.2. The third kappa shape index (κ3) is 5.06. The zero-order chi connectivity index (χ0) is 37.5. The van der Waals surface area contributed by atoms with Gasteiger partial charge < -0.3 is 4.42 Å². The molecule has 0 bridgehead atoms. The highest BCUT2D eigenvalue weighted by Gasteiger charge is 2.17. The minimum absolute atomic E-state index is 0.834. The molecule has 2 heterocycles. The summed E-state index contributed by atoms with van der Waals surface area (Å²) in [6.45, 7) is 0. The summed E-state index contributed by atoms with van der Waals surface area (Å²) in [5.41, 5.74) is 12.4. The standard InChI is InChI=1S/C54H32N2O/c1-3-16-40-33(10-1)12-8-19-42(40)37-22-25-44-45-26-23-38(43-20-9-13-34-11-2-4-17-41(34)43)31-49(45)54-53(48(44)30-37)55-32-50(56-54)39-15-7-14-35(28-39)36-24-27-52-47(29-36)46-18-5-6-21-51(46)57-52/h1-32H. The molecule has 0 saturated carbocycles. The van der Waals surface area contributed by atoms with E-state index in [1.807, 2.05) is 18.3 Å². The Morgan fingerprint density at radius 1 is 0.316 bits per heavy atom. The second-order valence-corrected chi connectivity index (χ2v) is 14.9. The number of hydrogen-bond donors (Lipinski definition) is 0. The van der Waals surface area contributed by atoms with Crippen molar-refractivity contribution in [2.75, 3.05) is 0 Å². The lowest BCUT2D eigenvalue weighted by molar-refractivity contribution is 0.669. The van der Waals surface area contributed by atoms with Crippen molar-refractivity contribution in [2.24, 2.45) is 0 Å². The van der Waals surface area contributed by atoms with Crippen molar-refractivity contribution in [1.82, 2.24) is 9.97 Å². The number of para-hydroxylation sites is 1. The van der Waals surface area contributed by atoms with E-state index in [0.717, 1.165) is 88.0 Å². The number of fused-ring (bicyclic) bond motifs is 11. The van der Waals surface area contributed by atoms with Crippen LogP contribution in [0.1, 0.15) is 0 Å². The van der Waals surface area contributed by atoms with E-state index in [-0.39, 0.29) is 0 Å². The summed E-state index contributed by atoms with van der Waals surface area (Å²) in [7, 11) is 0. The average molecular weight is 725 g/mol. The first-order valence-electron chi connectivity index (χ1n) is 19.4. The third-order valence-corrected chi connectivity index (χ3v) is 11.7. The Morgan fingerprint density at radius 3 is 1.56 bits per heavy atom. The fourth-order valence-corrected chi connectivity index (χ4v) is 8.92. The molecule has 0 aliphatic heterocycles. The Balaban J connectivity index is 1.08. The minimum Gasteiger partial charge on any atom is -0.456 e. The smallest absolute Gasteiger partial charge is 0.135 e. The molecule has 0 saturated heterocycles. The third-order valence-electron chi connectivity index (χ3n) is 11.7. The zero-order valence-corrected chi connectivity index (χ0v) is 30.8. The van der Waals surface area contributed by atoms with Crippen molar-refractivity contribution in [2.45, 2.75) is 0 Å². The van der Waals surface area contributed by atoms with Crippen molar-refractivity contribution in [3.63, 3.8) is 0 Å². The molecule has 57 heavy (non-hydrogen) atoms. The van der Waals surface area contributed by atoms with Gasteiger partial charge >= 0.3 is 0 Å². The van der Waals surface area contributed by atoms with Crippen LogP contribution in [-0.4, -0.2) is 9.97 Å². The Labute approximate surface area is 328 Å². The molecule has 0 N–H and O–H groups in total. The lowest BCUT2D eigenvalue weighted by Gasteiger charge is -2.15. The molecule has 3 nitrogen and oxygen atoms in total. The van der Waals surface area contributed by atoms with Crippen LogP contribution in [0.25, 0.3) is 121 Å². The van der Waals surface area contributed by atoms with E-state index in [1.165, 1.54) is 32.7 Å². The second kappa shape index (κ2) is 12.5. The number of aromatic nitrogens is 2. The quantitative estimate of drug-likeness (QED) is 0.170. The number of furan rings is 1. The largest absolute Gasteiger partial charge is 0.456 e. The van der Waals surface area contributed by atoms with Gasteiger partial charge in [-0.25, -0.2) is 4.98 Å². The molecule has 0 aliphatic carbocycles. The van der Waals surface area contributed by atoms with E-state index in [2.05, 4.69) is 176 Å². The van der Waals surface area contributed by atoms with E-state index in [9.17, 15) is 0 Å². The molecule has 10 aromatic carbocycles. The number of nitrogens with zero attached hydrogens (tertiary/aromatic N) is 2. The Morgan fingerprint density at radius 2 is 0.842 bits per heavy atom. The van der Waals surface area contributed by atoms with E-state index >= 15 is 0 Å². The van der Waals surface area contributed by atoms with Crippen LogP contribution in [0, 0.1) is 0 Å². The van der Waals surface area contributed by atoms with Crippen LogP contribution in [0.15, 0.2) is 199 Å². The van der Waals surface area contributed by atoms with Gasteiger partial charge in [0.1, 0.15) is 11.2 Å². The van der Waals surface area contributed by atoms with Crippen molar-refractivity contribution >= 4 is 76.1 Å².